The zero-order chi connectivity index (χ0) is 12.4. The van der Waals surface area contributed by atoms with Gasteiger partial charge in [-0.25, -0.2) is 9.79 Å². The molecule has 0 aliphatic heterocycles. The first-order valence-electron chi connectivity index (χ1n) is 5.57. The van der Waals surface area contributed by atoms with Crippen molar-refractivity contribution in [3.8, 4) is 0 Å². The minimum absolute atomic E-state index is 0.223. The van der Waals surface area contributed by atoms with E-state index in [2.05, 4.69) is 4.99 Å². The van der Waals surface area contributed by atoms with E-state index in [0.29, 0.717) is 30.1 Å². The van der Waals surface area contributed by atoms with Crippen LogP contribution in [0.3, 0.4) is 0 Å². The molecule has 0 aliphatic carbocycles. The van der Waals surface area contributed by atoms with Gasteiger partial charge in [-0.3, -0.25) is 0 Å². The number of carbonyl (C=O) groups excluding carboxylic acids is 1. The van der Waals surface area contributed by atoms with E-state index in [4.69, 9.17) is 14.2 Å². The Hall–Kier alpha value is -0.523. The maximum atomic E-state index is 10.1. The fourth-order valence-corrected chi connectivity index (χ4v) is 2.42. The van der Waals surface area contributed by atoms with Crippen LogP contribution < -0.4 is 0 Å². The molecule has 94 valence electrons. The van der Waals surface area contributed by atoms with E-state index < -0.39 is 5.41 Å². The molecular formula is C10H21NO4Si. The minimum Gasteiger partial charge on any atom is -0.371 e. The fourth-order valence-electron chi connectivity index (χ4n) is 1.49. The molecule has 0 saturated heterocycles. The predicted octanol–water partition coefficient (Wildman–Crippen LogP) is -0.181. The second kappa shape index (κ2) is 8.61. The van der Waals surface area contributed by atoms with Gasteiger partial charge >= 0.3 is 0 Å². The van der Waals surface area contributed by atoms with Crippen molar-refractivity contribution in [3.05, 3.63) is 0 Å². The molecule has 6 heteroatoms. The van der Waals surface area contributed by atoms with Crippen LogP contribution in [0.25, 0.3) is 0 Å². The van der Waals surface area contributed by atoms with Crippen LogP contribution in [0.5, 0.6) is 0 Å². The fraction of sp³-hybridized carbons (Fsp3) is 0.900. The van der Waals surface area contributed by atoms with E-state index in [0.717, 1.165) is 0 Å². The molecule has 0 rings (SSSR count). The number of hydrogen-bond donors (Lipinski definition) is 0. The summed E-state index contributed by atoms with van der Waals surface area (Å²) in [5, 5.41) is 0. The number of aliphatic imine (C=N–C) groups is 1. The molecule has 0 heterocycles. The van der Waals surface area contributed by atoms with Crippen molar-refractivity contribution in [2.75, 3.05) is 26.4 Å². The summed E-state index contributed by atoms with van der Waals surface area (Å²) in [6, 6.07) is 0. The Morgan fingerprint density at radius 2 is 1.81 bits per heavy atom. The summed E-state index contributed by atoms with van der Waals surface area (Å²) >= 11 is 0. The number of isocyanates is 1. The van der Waals surface area contributed by atoms with Gasteiger partial charge in [-0.05, 0) is 20.8 Å². The van der Waals surface area contributed by atoms with Crippen molar-refractivity contribution < 1.29 is 19.0 Å². The van der Waals surface area contributed by atoms with E-state index in [9.17, 15) is 4.79 Å². The Balaban J connectivity index is 4.68. The van der Waals surface area contributed by atoms with Crippen LogP contribution in [0.1, 0.15) is 20.8 Å². The van der Waals surface area contributed by atoms with Crippen LogP contribution in [-0.4, -0.2) is 54.2 Å². The Labute approximate surface area is 99.6 Å². The second-order valence-corrected chi connectivity index (χ2v) is 4.65. The number of hydrogen-bond acceptors (Lipinski definition) is 5. The van der Waals surface area contributed by atoms with Crippen LogP contribution in [0.4, 0.5) is 0 Å². The minimum atomic E-state index is -0.736. The first-order chi connectivity index (χ1) is 7.64. The lowest BCUT2D eigenvalue weighted by Gasteiger charge is -2.35. The van der Waals surface area contributed by atoms with E-state index >= 15 is 0 Å². The van der Waals surface area contributed by atoms with Crippen LogP contribution in [-0.2, 0) is 19.0 Å². The molecule has 0 fully saturated rings. The van der Waals surface area contributed by atoms with Gasteiger partial charge in [0.2, 0.25) is 6.08 Å². The summed E-state index contributed by atoms with van der Waals surface area (Å²) in [5.74, 6) is 0. The highest BCUT2D eigenvalue weighted by molar-refractivity contribution is 6.14. The first-order valence-corrected chi connectivity index (χ1v) is 6.57. The highest BCUT2D eigenvalue weighted by atomic mass is 28.1. The van der Waals surface area contributed by atoms with Crippen LogP contribution in [0, 0.1) is 0 Å². The monoisotopic (exact) mass is 247 g/mol. The number of rotatable bonds is 9. The number of ether oxygens (including phenoxy) is 3. The molecule has 1 atom stereocenters. The van der Waals surface area contributed by atoms with Crippen molar-refractivity contribution in [1.29, 1.82) is 0 Å². The molecule has 0 aromatic rings. The van der Waals surface area contributed by atoms with Crippen LogP contribution in [0.2, 0.25) is 0 Å². The van der Waals surface area contributed by atoms with E-state index in [-0.39, 0.29) is 12.6 Å². The van der Waals surface area contributed by atoms with Gasteiger partial charge in [0.05, 0.1) is 16.8 Å². The maximum Gasteiger partial charge on any atom is 0.235 e. The zero-order valence-electron chi connectivity index (χ0n) is 10.5. The van der Waals surface area contributed by atoms with Gasteiger partial charge < -0.3 is 14.2 Å². The normalized spacial score (nSPS) is 13.4. The van der Waals surface area contributed by atoms with Crippen molar-refractivity contribution in [3.63, 3.8) is 0 Å². The summed E-state index contributed by atoms with van der Waals surface area (Å²) in [6.45, 7) is 7.52. The van der Waals surface area contributed by atoms with Crippen LogP contribution in [0.15, 0.2) is 4.99 Å². The average Bonchev–Trinajstić information content (AvgIpc) is 2.24. The van der Waals surface area contributed by atoms with Gasteiger partial charge in [-0.15, -0.1) is 0 Å². The van der Waals surface area contributed by atoms with E-state index in [1.165, 1.54) is 6.08 Å². The Bertz CT molecular complexity index is 225. The third-order valence-corrected chi connectivity index (χ3v) is 3.36. The molecule has 0 spiro atoms. The topological polar surface area (TPSA) is 57.1 Å². The summed E-state index contributed by atoms with van der Waals surface area (Å²) in [6.07, 6.45) is 1.17. The molecule has 5 nitrogen and oxygen atoms in total. The van der Waals surface area contributed by atoms with Gasteiger partial charge in [0.25, 0.3) is 0 Å². The van der Waals surface area contributed by atoms with Gasteiger partial charge in [-0.2, -0.15) is 0 Å². The third-order valence-electron chi connectivity index (χ3n) is 2.14. The lowest BCUT2D eigenvalue weighted by molar-refractivity contribution is -0.232. The van der Waals surface area contributed by atoms with Crippen molar-refractivity contribution in [1.82, 2.24) is 0 Å². The Morgan fingerprint density at radius 3 is 2.19 bits per heavy atom. The molecule has 0 aromatic heterocycles. The lowest BCUT2D eigenvalue weighted by Crippen LogP contribution is -2.51. The standard InChI is InChI=1S/C10H21NO4Si/c1-4-13-9(7-11-8-12)10(16,14-5-2)15-6-3/h9H,4-7H2,1-3,16H3. The van der Waals surface area contributed by atoms with Gasteiger partial charge in [0, 0.05) is 19.8 Å². The molecule has 0 radical (unpaired) electrons. The summed E-state index contributed by atoms with van der Waals surface area (Å²) in [5.41, 5.74) is -0.736. The van der Waals surface area contributed by atoms with Crippen molar-refractivity contribution >= 4 is 16.3 Å². The van der Waals surface area contributed by atoms with Gasteiger partial charge in [0.15, 0.2) is 5.41 Å². The average molecular weight is 247 g/mol. The number of nitrogens with zero attached hydrogens (tertiary/aromatic N) is 1. The van der Waals surface area contributed by atoms with E-state index in [1.54, 1.807) is 0 Å². The zero-order valence-corrected chi connectivity index (χ0v) is 12.5. The summed E-state index contributed by atoms with van der Waals surface area (Å²) in [7, 11) is 0.643. The molecule has 0 N–H and O–H groups in total. The SMILES string of the molecule is CCOC(CN=C=O)C([SiH3])(OCC)OCC. The molecule has 16 heavy (non-hydrogen) atoms. The van der Waals surface area contributed by atoms with Crippen molar-refractivity contribution in [2.45, 2.75) is 32.3 Å². The molecule has 0 aromatic carbocycles. The highest BCUT2D eigenvalue weighted by Gasteiger charge is 2.36. The van der Waals surface area contributed by atoms with Gasteiger partial charge in [0.1, 0.15) is 6.10 Å². The van der Waals surface area contributed by atoms with Crippen molar-refractivity contribution in [2.24, 2.45) is 4.99 Å². The quantitative estimate of drug-likeness (QED) is 0.245. The highest BCUT2D eigenvalue weighted by Crippen LogP contribution is 2.18. The molecular weight excluding hydrogens is 226 g/mol. The molecule has 0 aliphatic rings. The second-order valence-electron chi connectivity index (χ2n) is 3.26. The molecule has 0 saturated carbocycles. The van der Waals surface area contributed by atoms with E-state index in [1.807, 2.05) is 20.8 Å². The summed E-state index contributed by atoms with van der Waals surface area (Å²) in [4.78, 5) is 13.7. The lowest BCUT2D eigenvalue weighted by atomic mass is 10.3. The molecule has 0 bridgehead atoms. The van der Waals surface area contributed by atoms with Crippen LogP contribution >= 0.6 is 0 Å². The first kappa shape index (κ1) is 15.5. The smallest absolute Gasteiger partial charge is 0.235 e. The Morgan fingerprint density at radius 1 is 1.25 bits per heavy atom. The largest absolute Gasteiger partial charge is 0.371 e. The van der Waals surface area contributed by atoms with Gasteiger partial charge in [-0.1, -0.05) is 0 Å². The molecule has 0 amide bonds. The molecule has 1 unspecified atom stereocenters. The summed E-state index contributed by atoms with van der Waals surface area (Å²) < 4.78 is 16.7. The Kier molecular flexibility index (Phi) is 8.33. The maximum absolute atomic E-state index is 10.1. The third kappa shape index (κ3) is 5.00. The predicted molar refractivity (Wildman–Crippen MR) is 64.3 cm³/mol.